The first-order valence-electron chi connectivity index (χ1n) is 8.65. The van der Waals surface area contributed by atoms with E-state index in [1.807, 2.05) is 32.0 Å². The highest BCUT2D eigenvalue weighted by molar-refractivity contribution is 9.10. The third-order valence-electron chi connectivity index (χ3n) is 3.52. The van der Waals surface area contributed by atoms with Crippen molar-refractivity contribution in [1.29, 1.82) is 0 Å². The van der Waals surface area contributed by atoms with Crippen molar-refractivity contribution in [2.75, 3.05) is 20.3 Å². The zero-order valence-electron chi connectivity index (χ0n) is 15.6. The van der Waals surface area contributed by atoms with Crippen LogP contribution < -0.4 is 19.6 Å². The first-order valence-corrected chi connectivity index (χ1v) is 9.44. The van der Waals surface area contributed by atoms with Crippen LogP contribution in [0.15, 0.2) is 46.0 Å². The molecule has 1 N–H and O–H groups in total. The lowest BCUT2D eigenvalue weighted by molar-refractivity contribution is 0.0954. The summed E-state index contributed by atoms with van der Waals surface area (Å²) in [4.78, 5) is 12.3. The first kappa shape index (κ1) is 20.8. The predicted molar refractivity (Wildman–Crippen MR) is 109 cm³/mol. The Morgan fingerprint density at radius 2 is 1.89 bits per heavy atom. The summed E-state index contributed by atoms with van der Waals surface area (Å²) in [6.45, 7) is 5.13. The molecule has 2 aromatic rings. The summed E-state index contributed by atoms with van der Waals surface area (Å²) >= 11 is 3.45. The van der Waals surface area contributed by atoms with E-state index in [9.17, 15) is 4.79 Å². The Hall–Kier alpha value is -2.54. The molecule has 27 heavy (non-hydrogen) atoms. The number of amides is 1. The smallest absolute Gasteiger partial charge is 0.271 e. The lowest BCUT2D eigenvalue weighted by Crippen LogP contribution is -2.17. The van der Waals surface area contributed by atoms with Crippen LogP contribution in [0.2, 0.25) is 0 Å². The maximum absolute atomic E-state index is 12.3. The number of hydrogen-bond donors (Lipinski definition) is 1. The van der Waals surface area contributed by atoms with Crippen LogP contribution in [0.1, 0.15) is 36.2 Å². The van der Waals surface area contributed by atoms with Crippen LogP contribution in [0.25, 0.3) is 0 Å². The van der Waals surface area contributed by atoms with E-state index < -0.39 is 0 Å². The molecule has 144 valence electrons. The van der Waals surface area contributed by atoms with E-state index in [1.165, 1.54) is 7.11 Å². The summed E-state index contributed by atoms with van der Waals surface area (Å²) in [5.41, 5.74) is 3.76. The van der Waals surface area contributed by atoms with Gasteiger partial charge in [0, 0.05) is 5.56 Å². The number of ether oxygens (including phenoxy) is 3. The van der Waals surface area contributed by atoms with Crippen LogP contribution in [-0.4, -0.2) is 32.4 Å². The minimum atomic E-state index is -0.336. The highest BCUT2D eigenvalue weighted by atomic mass is 79.9. The van der Waals surface area contributed by atoms with Crippen molar-refractivity contribution >= 4 is 28.1 Å². The number of rotatable bonds is 9. The molecule has 0 saturated heterocycles. The summed E-state index contributed by atoms with van der Waals surface area (Å²) in [7, 11) is 1.54. The number of benzene rings is 2. The molecular weight excluding hydrogens is 412 g/mol. The lowest BCUT2D eigenvalue weighted by Gasteiger charge is -2.11. The molecule has 0 spiro atoms. The Labute approximate surface area is 167 Å². The molecule has 6 nitrogen and oxygen atoms in total. The number of carbonyl (C=O) groups is 1. The van der Waals surface area contributed by atoms with Crippen molar-refractivity contribution in [3.05, 3.63) is 52.0 Å². The Morgan fingerprint density at radius 3 is 2.56 bits per heavy atom. The monoisotopic (exact) mass is 434 g/mol. The zero-order valence-corrected chi connectivity index (χ0v) is 17.2. The summed E-state index contributed by atoms with van der Waals surface area (Å²) in [6.07, 6.45) is 2.45. The van der Waals surface area contributed by atoms with Gasteiger partial charge in [0.05, 0.1) is 31.0 Å². The van der Waals surface area contributed by atoms with Crippen LogP contribution in [0.4, 0.5) is 0 Å². The second-order valence-electron chi connectivity index (χ2n) is 5.54. The van der Waals surface area contributed by atoms with Gasteiger partial charge in [0.2, 0.25) is 0 Å². The van der Waals surface area contributed by atoms with Gasteiger partial charge in [0.1, 0.15) is 5.75 Å². The van der Waals surface area contributed by atoms with Gasteiger partial charge >= 0.3 is 0 Å². The molecule has 2 rings (SSSR count). The maximum atomic E-state index is 12.3. The normalized spacial score (nSPS) is 10.7. The Bertz CT molecular complexity index is 809. The summed E-state index contributed by atoms with van der Waals surface area (Å²) in [6, 6.07) is 10.6. The molecular formula is C20H23BrN2O4. The number of halogens is 1. The third-order valence-corrected chi connectivity index (χ3v) is 4.14. The average molecular weight is 435 g/mol. The second kappa shape index (κ2) is 10.6. The molecule has 0 saturated carbocycles. The van der Waals surface area contributed by atoms with Crippen molar-refractivity contribution in [3.63, 3.8) is 0 Å². The van der Waals surface area contributed by atoms with Gasteiger partial charge in [-0.2, -0.15) is 5.10 Å². The molecule has 0 aromatic heterocycles. The van der Waals surface area contributed by atoms with Gasteiger partial charge in [-0.05, 0) is 71.2 Å². The van der Waals surface area contributed by atoms with E-state index in [0.717, 1.165) is 22.2 Å². The number of nitrogens with one attached hydrogen (secondary N) is 1. The SMILES string of the molecule is CCCOc1ccc(C(=O)N/N=C/c2ccc(OCC)c(Br)c2)cc1OC. The van der Waals surface area contributed by atoms with E-state index in [0.29, 0.717) is 30.3 Å². The number of hydrazone groups is 1. The van der Waals surface area contributed by atoms with Gasteiger partial charge < -0.3 is 14.2 Å². The molecule has 0 heterocycles. The zero-order chi connectivity index (χ0) is 19.6. The fourth-order valence-electron chi connectivity index (χ4n) is 2.24. The maximum Gasteiger partial charge on any atom is 0.271 e. The molecule has 0 unspecified atom stereocenters. The molecule has 0 aliphatic carbocycles. The van der Waals surface area contributed by atoms with Crippen LogP contribution in [0, 0.1) is 0 Å². The number of carbonyl (C=O) groups excluding carboxylic acids is 1. The number of methoxy groups -OCH3 is 1. The largest absolute Gasteiger partial charge is 0.493 e. The fourth-order valence-corrected chi connectivity index (χ4v) is 2.75. The molecule has 0 atom stereocenters. The Balaban J connectivity index is 2.02. The molecule has 7 heteroatoms. The van der Waals surface area contributed by atoms with Crippen molar-refractivity contribution < 1.29 is 19.0 Å². The van der Waals surface area contributed by atoms with Crippen LogP contribution in [0.3, 0.4) is 0 Å². The molecule has 0 aliphatic rings. The highest BCUT2D eigenvalue weighted by Crippen LogP contribution is 2.28. The predicted octanol–water partition coefficient (Wildman–Crippen LogP) is 4.41. The van der Waals surface area contributed by atoms with Gasteiger partial charge in [-0.15, -0.1) is 0 Å². The molecule has 2 aromatic carbocycles. The van der Waals surface area contributed by atoms with Crippen LogP contribution >= 0.6 is 15.9 Å². The molecule has 0 fully saturated rings. The second-order valence-corrected chi connectivity index (χ2v) is 6.39. The van der Waals surface area contributed by atoms with Crippen molar-refractivity contribution in [1.82, 2.24) is 5.43 Å². The quantitative estimate of drug-likeness (QED) is 0.468. The van der Waals surface area contributed by atoms with E-state index in [4.69, 9.17) is 14.2 Å². The van der Waals surface area contributed by atoms with Crippen molar-refractivity contribution in [3.8, 4) is 17.2 Å². The minimum Gasteiger partial charge on any atom is -0.493 e. The molecule has 0 bridgehead atoms. The average Bonchev–Trinajstić information content (AvgIpc) is 2.68. The molecule has 1 amide bonds. The molecule has 0 radical (unpaired) electrons. The van der Waals surface area contributed by atoms with Crippen molar-refractivity contribution in [2.45, 2.75) is 20.3 Å². The van der Waals surface area contributed by atoms with Gasteiger partial charge in [0.15, 0.2) is 11.5 Å². The summed E-state index contributed by atoms with van der Waals surface area (Å²) in [5.74, 6) is 1.54. The van der Waals surface area contributed by atoms with E-state index in [-0.39, 0.29) is 5.91 Å². The third kappa shape index (κ3) is 5.99. The minimum absolute atomic E-state index is 0.336. The highest BCUT2D eigenvalue weighted by Gasteiger charge is 2.10. The van der Waals surface area contributed by atoms with E-state index in [2.05, 4.69) is 26.5 Å². The Kier molecular flexibility index (Phi) is 8.13. The fraction of sp³-hybridized carbons (Fsp3) is 0.300. The van der Waals surface area contributed by atoms with Gasteiger partial charge in [-0.3, -0.25) is 4.79 Å². The first-order chi connectivity index (χ1) is 13.1. The molecule has 0 aliphatic heterocycles. The Morgan fingerprint density at radius 1 is 1.11 bits per heavy atom. The van der Waals surface area contributed by atoms with Crippen molar-refractivity contribution in [2.24, 2.45) is 5.10 Å². The lowest BCUT2D eigenvalue weighted by atomic mass is 10.2. The number of hydrogen-bond acceptors (Lipinski definition) is 5. The summed E-state index contributed by atoms with van der Waals surface area (Å²) < 4.78 is 17.2. The standard InChI is InChI=1S/C20H23BrN2O4/c1-4-10-27-18-9-7-15(12-19(18)25-3)20(24)23-22-13-14-6-8-17(26-5-2)16(21)11-14/h6-9,11-13H,4-5,10H2,1-3H3,(H,23,24)/b22-13+. The summed E-state index contributed by atoms with van der Waals surface area (Å²) in [5, 5.41) is 4.00. The van der Waals surface area contributed by atoms with Gasteiger partial charge in [-0.1, -0.05) is 6.92 Å². The topological polar surface area (TPSA) is 69.2 Å². The van der Waals surface area contributed by atoms with Gasteiger partial charge in [-0.25, -0.2) is 5.43 Å². The van der Waals surface area contributed by atoms with Gasteiger partial charge in [0.25, 0.3) is 5.91 Å². The van der Waals surface area contributed by atoms with Crippen LogP contribution in [-0.2, 0) is 0 Å². The van der Waals surface area contributed by atoms with E-state index >= 15 is 0 Å². The van der Waals surface area contributed by atoms with Crippen LogP contribution in [0.5, 0.6) is 17.2 Å². The number of nitrogens with zero attached hydrogens (tertiary/aromatic N) is 1. The van der Waals surface area contributed by atoms with E-state index in [1.54, 1.807) is 24.4 Å².